The number of rotatable bonds is 5. The number of aromatic amines is 1. The van der Waals surface area contributed by atoms with Crippen molar-refractivity contribution in [1.29, 1.82) is 0 Å². The molecule has 1 aliphatic heterocycles. The molecule has 1 aromatic carbocycles. The van der Waals surface area contributed by atoms with Gasteiger partial charge in [-0.2, -0.15) is 0 Å². The van der Waals surface area contributed by atoms with Gasteiger partial charge in [0.05, 0.1) is 17.7 Å². The Bertz CT molecular complexity index is 889. The summed E-state index contributed by atoms with van der Waals surface area (Å²) in [5, 5.41) is 3.08. The molecule has 150 valence electrons. The Labute approximate surface area is 163 Å². The number of anilines is 1. The number of fused-ring (bicyclic) bond motifs is 1. The second-order valence-corrected chi connectivity index (χ2v) is 5.94. The lowest BCUT2D eigenvalue weighted by Crippen LogP contribution is -2.47. The van der Waals surface area contributed by atoms with Gasteiger partial charge in [-0.05, 0) is 12.1 Å². The Morgan fingerprint density at radius 2 is 1.82 bits per heavy atom. The second kappa shape index (κ2) is 8.85. The van der Waals surface area contributed by atoms with Crippen LogP contribution in [0.15, 0.2) is 42.2 Å². The van der Waals surface area contributed by atoms with Gasteiger partial charge in [0.15, 0.2) is 0 Å². The van der Waals surface area contributed by atoms with Crippen LogP contribution in [0, 0.1) is 0 Å². The second-order valence-electron chi connectivity index (χ2n) is 5.94. The van der Waals surface area contributed by atoms with Gasteiger partial charge in [0.2, 0.25) is 5.91 Å². The highest BCUT2D eigenvalue weighted by atomic mass is 16.5. The van der Waals surface area contributed by atoms with Crippen LogP contribution in [0.5, 0.6) is 5.75 Å². The van der Waals surface area contributed by atoms with E-state index in [1.807, 2.05) is 19.9 Å². The zero-order chi connectivity index (χ0) is 20.8. The maximum absolute atomic E-state index is 12.1. The van der Waals surface area contributed by atoms with E-state index < -0.39 is 23.8 Å². The van der Waals surface area contributed by atoms with Gasteiger partial charge in [-0.1, -0.05) is 32.0 Å². The molecule has 1 aliphatic rings. The summed E-state index contributed by atoms with van der Waals surface area (Å²) < 4.78 is 5.72. The molecule has 2 heterocycles. The number of nitrogens with two attached hydrogens (primary N) is 4. The average molecular weight is 386 g/mol. The van der Waals surface area contributed by atoms with Crippen LogP contribution < -0.4 is 33.0 Å². The van der Waals surface area contributed by atoms with Gasteiger partial charge in [0.25, 0.3) is 5.91 Å². The third-order valence-electron chi connectivity index (χ3n) is 4.29. The van der Waals surface area contributed by atoms with Crippen molar-refractivity contribution in [3.63, 3.8) is 0 Å². The number of hydrogen-bond acceptors (Lipinski definition) is 6. The number of hydrogen-bond donors (Lipinski definition) is 6. The highest BCUT2D eigenvalue weighted by molar-refractivity contribution is 6.00. The van der Waals surface area contributed by atoms with Crippen LogP contribution in [-0.2, 0) is 9.59 Å². The van der Waals surface area contributed by atoms with Crippen LogP contribution in [0.25, 0.3) is 5.70 Å². The van der Waals surface area contributed by atoms with Crippen LogP contribution in [0.1, 0.15) is 30.9 Å². The fraction of sp³-hybridized carbons (Fsp3) is 0.263. The molecule has 2 unspecified atom stereocenters. The van der Waals surface area contributed by atoms with Gasteiger partial charge in [-0.25, -0.2) is 0 Å². The molecule has 0 spiro atoms. The Morgan fingerprint density at radius 3 is 2.39 bits per heavy atom. The van der Waals surface area contributed by atoms with E-state index in [0.717, 1.165) is 0 Å². The van der Waals surface area contributed by atoms with Gasteiger partial charge in [0, 0.05) is 17.3 Å². The highest BCUT2D eigenvalue weighted by Gasteiger charge is 2.36. The zero-order valence-electron chi connectivity index (χ0n) is 15.9. The van der Waals surface area contributed by atoms with Crippen LogP contribution in [0.2, 0.25) is 0 Å². The number of ether oxygens (including phenoxy) is 1. The fourth-order valence-corrected chi connectivity index (χ4v) is 3.05. The number of para-hydroxylation sites is 1. The van der Waals surface area contributed by atoms with E-state index in [1.165, 1.54) is 0 Å². The molecule has 3 rings (SSSR count). The molecule has 0 aliphatic carbocycles. The lowest BCUT2D eigenvalue weighted by molar-refractivity contribution is -0.120. The van der Waals surface area contributed by atoms with Crippen molar-refractivity contribution in [3.8, 4) is 5.75 Å². The summed E-state index contributed by atoms with van der Waals surface area (Å²) in [4.78, 5) is 26.6. The summed E-state index contributed by atoms with van der Waals surface area (Å²) in [5.41, 5.74) is 23.9. The minimum atomic E-state index is -0.819. The van der Waals surface area contributed by atoms with Crippen molar-refractivity contribution in [2.24, 2.45) is 17.2 Å². The molecule has 0 radical (unpaired) electrons. The first-order valence-corrected chi connectivity index (χ1v) is 8.90. The average Bonchev–Trinajstić information content (AvgIpc) is 3.12. The Hall–Kier alpha value is -3.62. The van der Waals surface area contributed by atoms with Gasteiger partial charge in [0.1, 0.15) is 23.9 Å². The third kappa shape index (κ3) is 4.03. The van der Waals surface area contributed by atoms with E-state index in [4.69, 9.17) is 27.7 Å². The standard InChI is InChI=1S/C17H20N6O3.C2H6/c18-13(17(21)25)14(9-5-6-22-15(9)19)23-10-7-26-11-4-2-1-3-8(11)12(10)16(20)24;1-2/h1-6,10,12,22-23H,7,18-19H2,(H2,20,24)(H2,21,25);1-2H3/b14-13+;. The lowest BCUT2D eigenvalue weighted by Gasteiger charge is -2.33. The van der Waals surface area contributed by atoms with Crippen molar-refractivity contribution in [3.05, 3.63) is 53.4 Å². The molecule has 28 heavy (non-hydrogen) atoms. The third-order valence-corrected chi connectivity index (χ3v) is 4.29. The number of aromatic nitrogens is 1. The monoisotopic (exact) mass is 386 g/mol. The predicted molar refractivity (Wildman–Crippen MR) is 108 cm³/mol. The molecule has 0 saturated carbocycles. The van der Waals surface area contributed by atoms with Gasteiger partial charge < -0.3 is 38.0 Å². The molecular weight excluding hydrogens is 360 g/mol. The summed E-state index contributed by atoms with van der Waals surface area (Å²) in [5.74, 6) is -1.15. The Balaban J connectivity index is 0.00000136. The smallest absolute Gasteiger partial charge is 0.266 e. The topological polar surface area (TPSA) is 175 Å². The summed E-state index contributed by atoms with van der Waals surface area (Å²) in [6, 6.07) is 8.21. The van der Waals surface area contributed by atoms with Crippen LogP contribution in [0.4, 0.5) is 5.82 Å². The van der Waals surface area contributed by atoms with Crippen molar-refractivity contribution in [2.45, 2.75) is 25.8 Å². The van der Waals surface area contributed by atoms with Crippen molar-refractivity contribution in [2.75, 3.05) is 12.3 Å². The highest BCUT2D eigenvalue weighted by Crippen LogP contribution is 2.34. The van der Waals surface area contributed by atoms with Crippen molar-refractivity contribution in [1.82, 2.24) is 10.3 Å². The molecule has 2 aromatic rings. The Kier molecular flexibility index (Phi) is 6.54. The number of primary amides is 2. The molecule has 10 N–H and O–H groups in total. The number of nitrogen functional groups attached to an aromatic ring is 1. The summed E-state index contributed by atoms with van der Waals surface area (Å²) >= 11 is 0. The minimum absolute atomic E-state index is 0.143. The van der Waals surface area contributed by atoms with Crippen molar-refractivity contribution < 1.29 is 14.3 Å². The molecule has 2 atom stereocenters. The molecule has 0 bridgehead atoms. The first-order valence-electron chi connectivity index (χ1n) is 8.90. The molecular formula is C19H26N6O3. The number of H-pyrrole nitrogens is 1. The quantitative estimate of drug-likeness (QED) is 0.404. The van der Waals surface area contributed by atoms with Gasteiger partial charge in [-0.3, -0.25) is 9.59 Å². The van der Waals surface area contributed by atoms with E-state index in [9.17, 15) is 9.59 Å². The Morgan fingerprint density at radius 1 is 1.14 bits per heavy atom. The summed E-state index contributed by atoms with van der Waals surface area (Å²) in [6.07, 6.45) is 1.60. The number of carbonyl (C=O) groups excluding carboxylic acids is 2. The number of benzene rings is 1. The normalized spacial score (nSPS) is 18.5. The van der Waals surface area contributed by atoms with Gasteiger partial charge >= 0.3 is 0 Å². The number of carbonyl (C=O) groups is 2. The fourth-order valence-electron chi connectivity index (χ4n) is 3.05. The maximum atomic E-state index is 12.1. The van der Waals surface area contributed by atoms with E-state index in [0.29, 0.717) is 22.7 Å². The molecule has 1 aromatic heterocycles. The maximum Gasteiger partial charge on any atom is 0.266 e. The van der Waals surface area contributed by atoms with Crippen LogP contribution >= 0.6 is 0 Å². The van der Waals surface area contributed by atoms with E-state index in [-0.39, 0.29) is 18.0 Å². The van der Waals surface area contributed by atoms with E-state index in [1.54, 1.807) is 30.5 Å². The molecule has 2 amide bonds. The molecule has 9 heteroatoms. The van der Waals surface area contributed by atoms with E-state index in [2.05, 4.69) is 10.3 Å². The van der Waals surface area contributed by atoms with Crippen molar-refractivity contribution >= 4 is 23.3 Å². The predicted octanol–water partition coefficient (Wildman–Crippen LogP) is 0.355. The van der Waals surface area contributed by atoms with Crippen LogP contribution in [0.3, 0.4) is 0 Å². The minimum Gasteiger partial charge on any atom is -0.491 e. The van der Waals surface area contributed by atoms with E-state index >= 15 is 0 Å². The summed E-state index contributed by atoms with van der Waals surface area (Å²) in [6.45, 7) is 4.14. The largest absolute Gasteiger partial charge is 0.491 e. The first kappa shape index (κ1) is 20.7. The summed E-state index contributed by atoms with van der Waals surface area (Å²) in [7, 11) is 0. The zero-order valence-corrected chi connectivity index (χ0v) is 15.9. The molecule has 0 saturated heterocycles. The van der Waals surface area contributed by atoms with Gasteiger partial charge in [-0.15, -0.1) is 0 Å². The number of nitrogens with one attached hydrogen (secondary N) is 2. The lowest BCUT2D eigenvalue weighted by atomic mass is 9.88. The van der Waals surface area contributed by atoms with Crippen LogP contribution in [-0.4, -0.2) is 29.4 Å². The first-order chi connectivity index (χ1) is 13.4. The SMILES string of the molecule is CC.NC(=O)/C(N)=C(\NC1COc2ccccc2C1C(N)=O)c1cc[nH]c1N. The molecule has 9 nitrogen and oxygen atoms in total. The number of amides is 2. The molecule has 0 fully saturated rings.